The third-order valence-electron chi connectivity index (χ3n) is 3.89. The summed E-state index contributed by atoms with van der Waals surface area (Å²) in [5, 5.41) is 8.06. The van der Waals surface area contributed by atoms with E-state index in [0.29, 0.717) is 0 Å². The molecular weight excluding hydrogens is 278 g/mol. The summed E-state index contributed by atoms with van der Waals surface area (Å²) >= 11 is 0. The average molecular weight is 301 g/mol. The van der Waals surface area contributed by atoms with Crippen LogP contribution in [0.25, 0.3) is 11.3 Å². The van der Waals surface area contributed by atoms with Crippen molar-refractivity contribution in [2.45, 2.75) is 12.6 Å². The molecule has 1 unspecified atom stereocenters. The maximum atomic E-state index is 5.77. The number of nitrogens with zero attached hydrogens (tertiary/aromatic N) is 4. The van der Waals surface area contributed by atoms with E-state index in [1.54, 1.807) is 12.4 Å². The number of nitrogens with one attached hydrogen (secondary N) is 1. The summed E-state index contributed by atoms with van der Waals surface area (Å²) in [6.07, 6.45) is 5.93. The Labute approximate surface area is 131 Å². The fourth-order valence-corrected chi connectivity index (χ4v) is 2.78. The van der Waals surface area contributed by atoms with Crippen LogP contribution in [0.3, 0.4) is 0 Å². The molecule has 22 heavy (non-hydrogen) atoms. The van der Waals surface area contributed by atoms with E-state index >= 15 is 0 Å². The van der Waals surface area contributed by atoms with E-state index in [-0.39, 0.29) is 6.10 Å². The fraction of sp³-hybridized carbons (Fsp3) is 0.500. The molecule has 1 aliphatic heterocycles. The van der Waals surface area contributed by atoms with Gasteiger partial charge in [0.25, 0.3) is 0 Å². The normalized spacial score (nSPS) is 19.5. The van der Waals surface area contributed by atoms with Gasteiger partial charge in [-0.2, -0.15) is 5.10 Å². The number of pyridine rings is 1. The second-order valence-electron chi connectivity index (χ2n) is 5.80. The van der Waals surface area contributed by atoms with Gasteiger partial charge in [-0.15, -0.1) is 0 Å². The molecule has 1 atom stereocenters. The zero-order valence-electron chi connectivity index (χ0n) is 13.2. The van der Waals surface area contributed by atoms with Crippen LogP contribution in [-0.4, -0.2) is 59.1 Å². The van der Waals surface area contributed by atoms with Gasteiger partial charge in [-0.25, -0.2) is 0 Å². The number of hydrogen-bond donors (Lipinski definition) is 1. The third kappa shape index (κ3) is 3.71. The second-order valence-corrected chi connectivity index (χ2v) is 5.80. The standard InChI is InChI=1S/C16H23N5O/c1-20-7-8-22-15(12-20)10-18-9-14-11-21(2)19-16(14)13-3-5-17-6-4-13/h3-6,11,15,18H,7-10,12H2,1-2H3. The van der Waals surface area contributed by atoms with Crippen LogP contribution in [0.15, 0.2) is 30.7 Å². The van der Waals surface area contributed by atoms with Crippen molar-refractivity contribution in [3.05, 3.63) is 36.3 Å². The summed E-state index contributed by atoms with van der Waals surface area (Å²) in [5.41, 5.74) is 3.30. The minimum absolute atomic E-state index is 0.264. The Morgan fingerprint density at radius 1 is 1.32 bits per heavy atom. The molecule has 0 amide bonds. The monoisotopic (exact) mass is 301 g/mol. The second kappa shape index (κ2) is 7.00. The minimum atomic E-state index is 0.264. The van der Waals surface area contributed by atoms with E-state index in [2.05, 4.69) is 33.5 Å². The highest BCUT2D eigenvalue weighted by Gasteiger charge is 2.17. The maximum absolute atomic E-state index is 5.77. The van der Waals surface area contributed by atoms with Gasteiger partial charge in [0.1, 0.15) is 0 Å². The number of ether oxygens (including phenoxy) is 1. The maximum Gasteiger partial charge on any atom is 0.0969 e. The fourth-order valence-electron chi connectivity index (χ4n) is 2.78. The van der Waals surface area contributed by atoms with E-state index in [1.807, 2.05) is 23.9 Å². The van der Waals surface area contributed by atoms with Gasteiger partial charge in [-0.05, 0) is 19.2 Å². The van der Waals surface area contributed by atoms with E-state index in [9.17, 15) is 0 Å². The highest BCUT2D eigenvalue weighted by Crippen LogP contribution is 2.20. The van der Waals surface area contributed by atoms with Gasteiger partial charge in [-0.3, -0.25) is 9.67 Å². The lowest BCUT2D eigenvalue weighted by Gasteiger charge is -2.30. The highest BCUT2D eigenvalue weighted by atomic mass is 16.5. The average Bonchev–Trinajstić information content (AvgIpc) is 2.89. The van der Waals surface area contributed by atoms with Crippen molar-refractivity contribution in [3.63, 3.8) is 0 Å². The third-order valence-corrected chi connectivity index (χ3v) is 3.89. The Hall–Kier alpha value is -1.76. The summed E-state index contributed by atoms with van der Waals surface area (Å²) in [7, 11) is 4.09. The first kappa shape index (κ1) is 15.1. The smallest absolute Gasteiger partial charge is 0.0969 e. The lowest BCUT2D eigenvalue weighted by Crippen LogP contribution is -2.44. The molecule has 1 N–H and O–H groups in total. The number of morpholine rings is 1. The van der Waals surface area contributed by atoms with Crippen molar-refractivity contribution in [1.82, 2.24) is 25.0 Å². The summed E-state index contributed by atoms with van der Waals surface area (Å²) in [6.45, 7) is 4.46. The van der Waals surface area contributed by atoms with Crippen molar-refractivity contribution >= 4 is 0 Å². The van der Waals surface area contributed by atoms with Gasteiger partial charge in [0.2, 0.25) is 0 Å². The number of aryl methyl sites for hydroxylation is 1. The van der Waals surface area contributed by atoms with Gasteiger partial charge in [0, 0.05) is 62.9 Å². The molecule has 1 fully saturated rings. The van der Waals surface area contributed by atoms with Gasteiger partial charge in [0.15, 0.2) is 0 Å². The van der Waals surface area contributed by atoms with Crippen molar-refractivity contribution in [2.75, 3.05) is 33.3 Å². The Morgan fingerprint density at radius 2 is 2.14 bits per heavy atom. The molecule has 2 aromatic heterocycles. The largest absolute Gasteiger partial charge is 0.374 e. The quantitative estimate of drug-likeness (QED) is 0.889. The van der Waals surface area contributed by atoms with Crippen LogP contribution in [0.1, 0.15) is 5.56 Å². The van der Waals surface area contributed by atoms with Crippen molar-refractivity contribution in [1.29, 1.82) is 0 Å². The molecule has 1 aliphatic rings. The lowest BCUT2D eigenvalue weighted by atomic mass is 10.1. The topological polar surface area (TPSA) is 55.2 Å². The number of hydrogen-bond acceptors (Lipinski definition) is 5. The minimum Gasteiger partial charge on any atom is -0.374 e. The first-order chi connectivity index (χ1) is 10.7. The Kier molecular flexibility index (Phi) is 4.82. The number of likely N-dealkylation sites (N-methyl/N-ethyl adjacent to an activating group) is 1. The van der Waals surface area contributed by atoms with Gasteiger partial charge in [-0.1, -0.05) is 0 Å². The molecule has 2 aromatic rings. The van der Waals surface area contributed by atoms with E-state index in [4.69, 9.17) is 4.74 Å². The summed E-state index contributed by atoms with van der Waals surface area (Å²) < 4.78 is 7.63. The molecule has 3 rings (SSSR count). The predicted molar refractivity (Wildman–Crippen MR) is 85.4 cm³/mol. The van der Waals surface area contributed by atoms with Crippen LogP contribution in [0, 0.1) is 0 Å². The molecule has 0 aliphatic carbocycles. The molecule has 6 heteroatoms. The molecule has 1 saturated heterocycles. The molecule has 0 aromatic carbocycles. The van der Waals surface area contributed by atoms with Gasteiger partial charge >= 0.3 is 0 Å². The molecule has 6 nitrogen and oxygen atoms in total. The Bertz CT molecular complexity index is 598. The van der Waals surface area contributed by atoms with Crippen molar-refractivity contribution in [3.8, 4) is 11.3 Å². The van der Waals surface area contributed by atoms with Crippen LogP contribution in [-0.2, 0) is 18.3 Å². The van der Waals surface area contributed by atoms with Crippen molar-refractivity contribution in [2.24, 2.45) is 7.05 Å². The summed E-state index contributed by atoms with van der Waals surface area (Å²) in [5.74, 6) is 0. The van der Waals surface area contributed by atoms with E-state index in [0.717, 1.165) is 44.0 Å². The lowest BCUT2D eigenvalue weighted by molar-refractivity contribution is -0.0182. The molecule has 0 spiro atoms. The first-order valence-electron chi connectivity index (χ1n) is 7.66. The Morgan fingerprint density at radius 3 is 2.91 bits per heavy atom. The van der Waals surface area contributed by atoms with Gasteiger partial charge in [0.05, 0.1) is 18.4 Å². The number of aromatic nitrogens is 3. The number of rotatable bonds is 5. The Balaban J connectivity index is 1.61. The zero-order valence-corrected chi connectivity index (χ0v) is 13.2. The molecule has 3 heterocycles. The van der Waals surface area contributed by atoms with Crippen molar-refractivity contribution < 1.29 is 4.74 Å². The molecule has 0 bridgehead atoms. The van der Waals surface area contributed by atoms with Gasteiger partial charge < -0.3 is 15.0 Å². The van der Waals surface area contributed by atoms with Crippen LogP contribution in [0.4, 0.5) is 0 Å². The zero-order chi connectivity index (χ0) is 15.4. The summed E-state index contributed by atoms with van der Waals surface area (Å²) in [4.78, 5) is 6.37. The molecule has 0 radical (unpaired) electrons. The van der Waals surface area contributed by atoms with Crippen LogP contribution in [0.2, 0.25) is 0 Å². The molecule has 118 valence electrons. The summed E-state index contributed by atoms with van der Waals surface area (Å²) in [6, 6.07) is 3.98. The van der Waals surface area contributed by atoms with E-state index in [1.165, 1.54) is 5.56 Å². The van der Waals surface area contributed by atoms with E-state index < -0.39 is 0 Å². The first-order valence-corrected chi connectivity index (χ1v) is 7.66. The van der Waals surface area contributed by atoms with Crippen LogP contribution >= 0.6 is 0 Å². The molecular formula is C16H23N5O. The van der Waals surface area contributed by atoms with Crippen LogP contribution < -0.4 is 5.32 Å². The predicted octanol–water partition coefficient (Wildman–Crippen LogP) is 0.902. The van der Waals surface area contributed by atoms with Crippen LogP contribution in [0.5, 0.6) is 0 Å². The highest BCUT2D eigenvalue weighted by molar-refractivity contribution is 5.61. The molecule has 0 saturated carbocycles. The SMILES string of the molecule is CN1CCOC(CNCc2cn(C)nc2-c2ccncc2)C1.